The zero-order valence-electron chi connectivity index (χ0n) is 11.2. The van der Waals surface area contributed by atoms with Gasteiger partial charge in [0.15, 0.2) is 0 Å². The number of nitrogens with one attached hydrogen (secondary N) is 2. The van der Waals surface area contributed by atoms with Crippen LogP contribution < -0.4 is 5.69 Å². The van der Waals surface area contributed by atoms with Gasteiger partial charge in [0.1, 0.15) is 5.82 Å². The molecule has 2 aromatic rings. The molecule has 2 aromatic heterocycles. The molecule has 0 aromatic carbocycles. The average molecular weight is 292 g/mol. The molecule has 1 fully saturated rings. The summed E-state index contributed by atoms with van der Waals surface area (Å²) < 4.78 is 0. The molecule has 0 radical (unpaired) electrons. The van der Waals surface area contributed by atoms with E-state index in [0.717, 1.165) is 12.8 Å². The summed E-state index contributed by atoms with van der Waals surface area (Å²) in [7, 11) is 0. The number of aromatic nitrogens is 3. The third-order valence-corrected chi connectivity index (χ3v) is 4.28. The second kappa shape index (κ2) is 5.24. The number of hydrogen-bond donors (Lipinski definition) is 2. The topological polar surface area (TPSA) is 81.8 Å². The summed E-state index contributed by atoms with van der Waals surface area (Å²) in [6.45, 7) is 2.71. The van der Waals surface area contributed by atoms with Gasteiger partial charge < -0.3 is 4.90 Å². The predicted octanol–water partition coefficient (Wildman–Crippen LogP) is 1.20. The molecule has 0 spiro atoms. The lowest BCUT2D eigenvalue weighted by Crippen LogP contribution is -2.33. The normalized spacial score (nSPS) is 14.4. The van der Waals surface area contributed by atoms with E-state index in [4.69, 9.17) is 0 Å². The van der Waals surface area contributed by atoms with Gasteiger partial charge in [-0.15, -0.1) is 11.3 Å². The van der Waals surface area contributed by atoms with Crippen LogP contribution in [0.5, 0.6) is 0 Å². The summed E-state index contributed by atoms with van der Waals surface area (Å²) in [5.74, 6) is 0.411. The Hall–Kier alpha value is -1.89. The molecule has 0 saturated heterocycles. The molecule has 106 valence electrons. The van der Waals surface area contributed by atoms with E-state index in [2.05, 4.69) is 34.2 Å². The lowest BCUT2D eigenvalue weighted by Gasteiger charge is -2.21. The Bertz CT molecular complexity index is 668. The number of nitrogens with zero attached hydrogens (tertiary/aromatic N) is 2. The van der Waals surface area contributed by atoms with Crippen LogP contribution in [0.3, 0.4) is 0 Å². The summed E-state index contributed by atoms with van der Waals surface area (Å²) in [6.07, 6.45) is 2.26. The van der Waals surface area contributed by atoms with E-state index in [0.29, 0.717) is 18.4 Å². The summed E-state index contributed by atoms with van der Waals surface area (Å²) >= 11 is 1.72. The van der Waals surface area contributed by atoms with Crippen molar-refractivity contribution in [1.82, 2.24) is 20.1 Å². The second-order valence-electron chi connectivity index (χ2n) is 5.07. The van der Waals surface area contributed by atoms with Crippen molar-refractivity contribution in [3.8, 4) is 0 Å². The van der Waals surface area contributed by atoms with Gasteiger partial charge in [-0.05, 0) is 31.9 Å². The van der Waals surface area contributed by atoms with Crippen LogP contribution in [-0.4, -0.2) is 32.0 Å². The largest absolute Gasteiger partial charge is 0.340 e. The van der Waals surface area contributed by atoms with Crippen molar-refractivity contribution in [2.24, 2.45) is 0 Å². The van der Waals surface area contributed by atoms with Crippen LogP contribution in [0.2, 0.25) is 0 Å². The predicted molar refractivity (Wildman–Crippen MR) is 75.5 cm³/mol. The molecule has 1 saturated carbocycles. The number of amides is 1. The number of aromatic amines is 2. The molecule has 6 nitrogen and oxygen atoms in total. The average Bonchev–Trinajstić information content (AvgIpc) is 3.04. The fourth-order valence-electron chi connectivity index (χ4n) is 2.18. The van der Waals surface area contributed by atoms with Crippen molar-refractivity contribution < 1.29 is 4.79 Å². The third-order valence-electron chi connectivity index (χ3n) is 3.30. The minimum absolute atomic E-state index is 0.0151. The minimum Gasteiger partial charge on any atom is -0.334 e. The number of hydrogen-bond acceptors (Lipinski definition) is 4. The molecule has 0 aliphatic heterocycles. The first-order chi connectivity index (χ1) is 9.61. The van der Waals surface area contributed by atoms with E-state index in [9.17, 15) is 9.59 Å². The number of carbonyl (C=O) groups excluding carboxylic acids is 1. The first-order valence-corrected chi connectivity index (χ1v) is 7.42. The van der Waals surface area contributed by atoms with Gasteiger partial charge in [-0.25, -0.2) is 9.89 Å². The first-order valence-electron chi connectivity index (χ1n) is 6.60. The summed E-state index contributed by atoms with van der Waals surface area (Å²) in [5, 5.41) is 6.07. The van der Waals surface area contributed by atoms with Crippen molar-refractivity contribution in [3.63, 3.8) is 0 Å². The first kappa shape index (κ1) is 13.1. The number of H-pyrrole nitrogens is 2. The maximum atomic E-state index is 12.4. The highest BCUT2D eigenvalue weighted by atomic mass is 32.1. The molecule has 1 aliphatic carbocycles. The van der Waals surface area contributed by atoms with Gasteiger partial charge in [-0.3, -0.25) is 9.78 Å². The Balaban J connectivity index is 1.70. The number of carbonyl (C=O) groups is 1. The van der Waals surface area contributed by atoms with Crippen LogP contribution in [0.1, 0.15) is 28.4 Å². The van der Waals surface area contributed by atoms with E-state index in [-0.39, 0.29) is 18.0 Å². The Morgan fingerprint density at radius 2 is 2.30 bits per heavy atom. The van der Waals surface area contributed by atoms with Gasteiger partial charge >= 0.3 is 5.69 Å². The van der Waals surface area contributed by atoms with Crippen LogP contribution in [0, 0.1) is 6.92 Å². The quantitative estimate of drug-likeness (QED) is 0.869. The second-order valence-corrected chi connectivity index (χ2v) is 6.44. The Morgan fingerprint density at radius 1 is 1.50 bits per heavy atom. The molecule has 0 bridgehead atoms. The SMILES string of the molecule is Cc1ccc(CN(C(=O)Cc2n[nH]c(=O)[nH]2)C2CC2)s1. The summed E-state index contributed by atoms with van der Waals surface area (Å²) in [6, 6.07) is 4.48. The number of rotatable bonds is 5. The lowest BCUT2D eigenvalue weighted by atomic mass is 10.3. The Kier molecular flexibility index (Phi) is 3.43. The highest BCUT2D eigenvalue weighted by Crippen LogP contribution is 2.30. The zero-order chi connectivity index (χ0) is 14.1. The molecular formula is C13H16N4O2S. The number of thiophene rings is 1. The van der Waals surface area contributed by atoms with Gasteiger partial charge in [-0.2, -0.15) is 5.10 Å². The Morgan fingerprint density at radius 3 is 2.85 bits per heavy atom. The fraction of sp³-hybridized carbons (Fsp3) is 0.462. The van der Waals surface area contributed by atoms with Gasteiger partial charge in [0.25, 0.3) is 0 Å². The van der Waals surface area contributed by atoms with Crippen molar-refractivity contribution >= 4 is 17.2 Å². The van der Waals surface area contributed by atoms with Gasteiger partial charge in [0.05, 0.1) is 13.0 Å². The highest BCUT2D eigenvalue weighted by molar-refractivity contribution is 7.11. The lowest BCUT2D eigenvalue weighted by molar-refractivity contribution is -0.131. The molecule has 2 N–H and O–H groups in total. The van der Waals surface area contributed by atoms with Crippen LogP contribution in [0.4, 0.5) is 0 Å². The monoisotopic (exact) mass is 292 g/mol. The summed E-state index contributed by atoms with van der Waals surface area (Å²) in [5.41, 5.74) is -0.375. The molecule has 2 heterocycles. The maximum Gasteiger partial charge on any atom is 0.340 e. The van der Waals surface area contributed by atoms with E-state index in [1.165, 1.54) is 9.75 Å². The Labute approximate surface area is 119 Å². The van der Waals surface area contributed by atoms with E-state index >= 15 is 0 Å². The summed E-state index contributed by atoms with van der Waals surface area (Å²) in [4.78, 5) is 30.2. The highest BCUT2D eigenvalue weighted by Gasteiger charge is 2.33. The zero-order valence-corrected chi connectivity index (χ0v) is 12.0. The minimum atomic E-state index is -0.375. The van der Waals surface area contributed by atoms with Crippen molar-refractivity contribution in [1.29, 1.82) is 0 Å². The molecule has 0 unspecified atom stereocenters. The van der Waals surface area contributed by atoms with E-state index in [1.54, 1.807) is 11.3 Å². The molecule has 0 atom stereocenters. The maximum absolute atomic E-state index is 12.4. The molecule has 3 rings (SSSR count). The molecule has 7 heteroatoms. The van der Waals surface area contributed by atoms with Gasteiger partial charge in [-0.1, -0.05) is 0 Å². The number of aryl methyl sites for hydroxylation is 1. The van der Waals surface area contributed by atoms with E-state index in [1.807, 2.05) is 4.90 Å². The van der Waals surface area contributed by atoms with E-state index < -0.39 is 0 Å². The third kappa shape index (κ3) is 2.98. The van der Waals surface area contributed by atoms with Crippen LogP contribution in [0.25, 0.3) is 0 Å². The fourth-order valence-corrected chi connectivity index (χ4v) is 3.07. The van der Waals surface area contributed by atoms with Crippen LogP contribution in [-0.2, 0) is 17.8 Å². The van der Waals surface area contributed by atoms with Crippen molar-refractivity contribution in [3.05, 3.63) is 38.2 Å². The van der Waals surface area contributed by atoms with Gasteiger partial charge in [0.2, 0.25) is 5.91 Å². The molecule has 1 amide bonds. The standard InChI is InChI=1S/C13H16N4O2S/c1-8-2-5-10(20-8)7-17(9-3-4-9)12(18)6-11-14-13(19)16-15-11/h2,5,9H,3-4,6-7H2,1H3,(H2,14,15,16,19). The van der Waals surface area contributed by atoms with Crippen molar-refractivity contribution in [2.45, 2.75) is 38.8 Å². The van der Waals surface area contributed by atoms with Gasteiger partial charge in [0, 0.05) is 15.8 Å². The van der Waals surface area contributed by atoms with Crippen LogP contribution >= 0.6 is 11.3 Å². The van der Waals surface area contributed by atoms with Crippen LogP contribution in [0.15, 0.2) is 16.9 Å². The molecular weight excluding hydrogens is 276 g/mol. The molecule has 1 aliphatic rings. The van der Waals surface area contributed by atoms with Crippen molar-refractivity contribution in [2.75, 3.05) is 0 Å². The smallest absolute Gasteiger partial charge is 0.334 e. The molecule has 20 heavy (non-hydrogen) atoms.